The molecule has 0 spiro atoms. The first-order chi connectivity index (χ1) is 7.31. The van der Waals surface area contributed by atoms with Crippen LogP contribution in [-0.4, -0.2) is 0 Å². The number of anilines is 1. The molecule has 0 unspecified atom stereocenters. The van der Waals surface area contributed by atoms with E-state index in [9.17, 15) is 0 Å². The van der Waals surface area contributed by atoms with Crippen LogP contribution < -0.4 is 5.73 Å². The highest BCUT2D eigenvalue weighted by atomic mass is 14.5. The number of rotatable bonds is 2. The van der Waals surface area contributed by atoms with Crippen molar-refractivity contribution in [2.24, 2.45) is 0 Å². The van der Waals surface area contributed by atoms with Crippen LogP contribution in [-0.2, 0) is 0 Å². The molecule has 0 saturated heterocycles. The molecule has 15 heavy (non-hydrogen) atoms. The van der Waals surface area contributed by atoms with Crippen LogP contribution in [0, 0.1) is 0 Å². The quantitative estimate of drug-likeness (QED) is 0.728. The molecule has 2 aromatic rings. The van der Waals surface area contributed by atoms with Crippen LogP contribution in [0.3, 0.4) is 0 Å². The van der Waals surface area contributed by atoms with E-state index in [1.165, 1.54) is 11.1 Å². The SMILES string of the molecule is C=Cc1cc(-c2ccccc2)ccc1N. The monoisotopic (exact) mass is 195 g/mol. The fourth-order valence-corrected chi connectivity index (χ4v) is 1.56. The third-order valence-corrected chi connectivity index (χ3v) is 2.41. The average molecular weight is 195 g/mol. The van der Waals surface area contributed by atoms with Gasteiger partial charge in [-0.05, 0) is 28.8 Å². The Morgan fingerprint density at radius 2 is 1.67 bits per heavy atom. The lowest BCUT2D eigenvalue weighted by atomic mass is 10.0. The normalized spacial score (nSPS) is 9.87. The van der Waals surface area contributed by atoms with Crippen molar-refractivity contribution < 1.29 is 0 Å². The summed E-state index contributed by atoms with van der Waals surface area (Å²) in [4.78, 5) is 0. The molecular weight excluding hydrogens is 182 g/mol. The molecule has 0 fully saturated rings. The summed E-state index contributed by atoms with van der Waals surface area (Å²) < 4.78 is 0. The van der Waals surface area contributed by atoms with Crippen LogP contribution in [0.25, 0.3) is 17.2 Å². The molecule has 0 aliphatic rings. The topological polar surface area (TPSA) is 26.0 Å². The van der Waals surface area contributed by atoms with Gasteiger partial charge in [0.05, 0.1) is 0 Å². The molecule has 74 valence electrons. The van der Waals surface area contributed by atoms with E-state index >= 15 is 0 Å². The van der Waals surface area contributed by atoms with Gasteiger partial charge >= 0.3 is 0 Å². The molecule has 0 radical (unpaired) electrons. The van der Waals surface area contributed by atoms with Gasteiger partial charge in [-0.1, -0.05) is 49.1 Å². The lowest BCUT2D eigenvalue weighted by Crippen LogP contribution is -1.89. The molecular formula is C14H13N. The van der Waals surface area contributed by atoms with Gasteiger partial charge in [-0.25, -0.2) is 0 Å². The van der Waals surface area contributed by atoms with Gasteiger partial charge in [-0.3, -0.25) is 0 Å². The second-order valence-corrected chi connectivity index (χ2v) is 3.41. The molecule has 2 aromatic carbocycles. The maximum atomic E-state index is 5.81. The molecule has 0 atom stereocenters. The van der Waals surface area contributed by atoms with Gasteiger partial charge in [-0.15, -0.1) is 0 Å². The minimum Gasteiger partial charge on any atom is -0.398 e. The number of benzene rings is 2. The van der Waals surface area contributed by atoms with E-state index in [0.717, 1.165) is 11.3 Å². The van der Waals surface area contributed by atoms with E-state index in [1.807, 2.05) is 30.3 Å². The Morgan fingerprint density at radius 1 is 0.933 bits per heavy atom. The molecule has 0 aliphatic carbocycles. The van der Waals surface area contributed by atoms with E-state index in [4.69, 9.17) is 5.73 Å². The van der Waals surface area contributed by atoms with Gasteiger partial charge in [0.25, 0.3) is 0 Å². The number of hydrogen-bond donors (Lipinski definition) is 1. The van der Waals surface area contributed by atoms with Crippen molar-refractivity contribution in [3.63, 3.8) is 0 Å². The number of nitrogen functional groups attached to an aromatic ring is 1. The van der Waals surface area contributed by atoms with Crippen LogP contribution in [0.1, 0.15) is 5.56 Å². The van der Waals surface area contributed by atoms with Crippen LogP contribution in [0.5, 0.6) is 0 Å². The van der Waals surface area contributed by atoms with Crippen LogP contribution >= 0.6 is 0 Å². The zero-order valence-electron chi connectivity index (χ0n) is 8.48. The van der Waals surface area contributed by atoms with Gasteiger partial charge in [0.15, 0.2) is 0 Å². The summed E-state index contributed by atoms with van der Waals surface area (Å²) in [5.74, 6) is 0. The fraction of sp³-hybridized carbons (Fsp3) is 0. The predicted molar refractivity (Wildman–Crippen MR) is 66.4 cm³/mol. The summed E-state index contributed by atoms with van der Waals surface area (Å²) in [7, 11) is 0. The summed E-state index contributed by atoms with van der Waals surface area (Å²) in [5.41, 5.74) is 9.92. The zero-order valence-corrected chi connectivity index (χ0v) is 8.48. The van der Waals surface area contributed by atoms with Gasteiger partial charge in [0.2, 0.25) is 0 Å². The molecule has 1 heteroatoms. The summed E-state index contributed by atoms with van der Waals surface area (Å²) in [6.45, 7) is 3.75. The smallest absolute Gasteiger partial charge is 0.0387 e. The van der Waals surface area contributed by atoms with Crippen molar-refractivity contribution in [2.75, 3.05) is 5.73 Å². The van der Waals surface area contributed by atoms with Crippen molar-refractivity contribution >= 4 is 11.8 Å². The van der Waals surface area contributed by atoms with Gasteiger partial charge in [0.1, 0.15) is 0 Å². The highest BCUT2D eigenvalue weighted by Crippen LogP contribution is 2.23. The Bertz CT molecular complexity index is 472. The van der Waals surface area contributed by atoms with Crippen molar-refractivity contribution in [3.8, 4) is 11.1 Å². The summed E-state index contributed by atoms with van der Waals surface area (Å²) in [5, 5.41) is 0. The van der Waals surface area contributed by atoms with E-state index in [-0.39, 0.29) is 0 Å². The number of hydrogen-bond acceptors (Lipinski definition) is 1. The van der Waals surface area contributed by atoms with Crippen molar-refractivity contribution in [1.82, 2.24) is 0 Å². The van der Waals surface area contributed by atoms with Gasteiger partial charge in [-0.2, -0.15) is 0 Å². The second-order valence-electron chi connectivity index (χ2n) is 3.41. The van der Waals surface area contributed by atoms with Crippen molar-refractivity contribution in [1.29, 1.82) is 0 Å². The molecule has 0 saturated carbocycles. The van der Waals surface area contributed by atoms with Gasteiger partial charge in [0, 0.05) is 5.69 Å². The molecule has 0 amide bonds. The highest BCUT2D eigenvalue weighted by Gasteiger charge is 1.99. The third-order valence-electron chi connectivity index (χ3n) is 2.41. The second kappa shape index (κ2) is 4.01. The molecule has 0 aliphatic heterocycles. The van der Waals surface area contributed by atoms with E-state index in [0.29, 0.717) is 0 Å². The average Bonchev–Trinajstić information content (AvgIpc) is 2.31. The Hall–Kier alpha value is -2.02. The minimum atomic E-state index is 0.768. The molecule has 1 nitrogen and oxygen atoms in total. The molecule has 2 N–H and O–H groups in total. The summed E-state index contributed by atoms with van der Waals surface area (Å²) in [6, 6.07) is 16.2. The first kappa shape index (κ1) is 9.53. The Kier molecular flexibility index (Phi) is 2.55. The largest absolute Gasteiger partial charge is 0.398 e. The Morgan fingerprint density at radius 3 is 2.33 bits per heavy atom. The minimum absolute atomic E-state index is 0.768. The van der Waals surface area contributed by atoms with E-state index < -0.39 is 0 Å². The maximum Gasteiger partial charge on any atom is 0.0387 e. The molecule has 0 heterocycles. The number of nitrogens with two attached hydrogens (primary N) is 1. The highest BCUT2D eigenvalue weighted by molar-refractivity contribution is 5.73. The lowest BCUT2D eigenvalue weighted by molar-refractivity contribution is 1.59. The zero-order chi connectivity index (χ0) is 10.7. The van der Waals surface area contributed by atoms with Crippen LogP contribution in [0.15, 0.2) is 55.1 Å². The standard InChI is InChI=1S/C14H13N/c1-2-11-10-13(8-9-14(11)15)12-6-4-3-5-7-12/h2-10H,1,15H2. The first-order valence-corrected chi connectivity index (χ1v) is 4.88. The predicted octanol–water partition coefficient (Wildman–Crippen LogP) is 3.58. The fourth-order valence-electron chi connectivity index (χ4n) is 1.56. The van der Waals surface area contributed by atoms with E-state index in [1.54, 1.807) is 6.08 Å². The molecule has 2 rings (SSSR count). The van der Waals surface area contributed by atoms with Gasteiger partial charge < -0.3 is 5.73 Å². The van der Waals surface area contributed by atoms with E-state index in [2.05, 4.69) is 24.8 Å². The maximum absolute atomic E-state index is 5.81. The van der Waals surface area contributed by atoms with Crippen LogP contribution in [0.2, 0.25) is 0 Å². The molecule has 0 bridgehead atoms. The Labute approximate surface area is 89.9 Å². The van der Waals surface area contributed by atoms with Crippen LogP contribution in [0.4, 0.5) is 5.69 Å². The summed E-state index contributed by atoms with van der Waals surface area (Å²) in [6.07, 6.45) is 1.78. The Balaban J connectivity index is 2.51. The lowest BCUT2D eigenvalue weighted by Gasteiger charge is -2.05. The third kappa shape index (κ3) is 1.91. The van der Waals surface area contributed by atoms with Crippen molar-refractivity contribution in [2.45, 2.75) is 0 Å². The summed E-state index contributed by atoms with van der Waals surface area (Å²) >= 11 is 0. The van der Waals surface area contributed by atoms with Crippen molar-refractivity contribution in [3.05, 3.63) is 60.7 Å². The first-order valence-electron chi connectivity index (χ1n) is 4.88. The molecule has 0 aromatic heterocycles.